The summed E-state index contributed by atoms with van der Waals surface area (Å²) in [6.07, 6.45) is 10.3. The van der Waals surface area contributed by atoms with Crippen molar-refractivity contribution in [3.63, 3.8) is 0 Å². The molecule has 2 bridgehead atoms. The summed E-state index contributed by atoms with van der Waals surface area (Å²) in [5, 5.41) is 14.1. The molecule has 5 heteroatoms. The van der Waals surface area contributed by atoms with E-state index in [4.69, 9.17) is 4.74 Å². The first-order chi connectivity index (χ1) is 16.0. The molecule has 4 aliphatic rings. The molecule has 3 saturated heterocycles. The molecule has 3 aliphatic heterocycles. The lowest BCUT2D eigenvalue weighted by Crippen LogP contribution is -2.66. The maximum atomic E-state index is 13.7. The standard InChI is InChI=1S/C28H38NO3S/c30-26(28(31,23-9-3-1-4-10-23)24-11-5-2-6-12-24)32-27-15-19-29(20-16-27,21-17-27)18-7-13-25-14-8-22-33-25/h1,3-4,8-10,14,22,24,31H,2,5-7,11-13,15-21H2/q+1/t27?,28-,29?/m0/s1. The van der Waals surface area contributed by atoms with Crippen LogP contribution in [0.4, 0.5) is 0 Å². The fraction of sp³-hybridized carbons (Fsp3) is 0.607. The van der Waals surface area contributed by atoms with Gasteiger partial charge in [0, 0.05) is 36.5 Å². The monoisotopic (exact) mass is 468 g/mol. The first-order valence-corrected chi connectivity index (χ1v) is 13.8. The van der Waals surface area contributed by atoms with Crippen LogP contribution in [0.25, 0.3) is 0 Å². The molecule has 1 aromatic carbocycles. The highest BCUT2D eigenvalue weighted by Gasteiger charge is 2.55. The summed E-state index contributed by atoms with van der Waals surface area (Å²) in [4.78, 5) is 15.2. The average Bonchev–Trinajstić information content (AvgIpc) is 3.39. The molecule has 6 rings (SSSR count). The van der Waals surface area contributed by atoms with Gasteiger partial charge in [-0.05, 0) is 36.3 Å². The molecule has 4 nitrogen and oxygen atoms in total. The van der Waals surface area contributed by atoms with E-state index < -0.39 is 11.6 Å². The molecule has 0 radical (unpaired) electrons. The van der Waals surface area contributed by atoms with Crippen molar-refractivity contribution in [2.45, 2.75) is 75.4 Å². The lowest BCUT2D eigenvalue weighted by molar-refractivity contribution is -0.944. The predicted octanol–water partition coefficient (Wildman–Crippen LogP) is 5.45. The molecule has 33 heavy (non-hydrogen) atoms. The van der Waals surface area contributed by atoms with Gasteiger partial charge in [-0.25, -0.2) is 4.79 Å². The van der Waals surface area contributed by atoms with E-state index in [-0.39, 0.29) is 11.5 Å². The number of quaternary nitrogens is 1. The summed E-state index contributed by atoms with van der Waals surface area (Å²) >= 11 is 1.86. The first kappa shape index (κ1) is 23.1. The van der Waals surface area contributed by atoms with E-state index in [1.807, 2.05) is 41.7 Å². The second-order valence-electron chi connectivity index (χ2n) is 10.7. The lowest BCUT2D eigenvalue weighted by atomic mass is 9.73. The Kier molecular flexibility index (Phi) is 6.65. The summed E-state index contributed by atoms with van der Waals surface area (Å²) < 4.78 is 7.53. The van der Waals surface area contributed by atoms with E-state index in [2.05, 4.69) is 17.5 Å². The highest BCUT2D eigenvalue weighted by atomic mass is 32.1. The Morgan fingerprint density at radius 2 is 1.73 bits per heavy atom. The Hall–Kier alpha value is -1.69. The Balaban J connectivity index is 1.25. The maximum absolute atomic E-state index is 13.7. The lowest BCUT2D eigenvalue weighted by Gasteiger charge is -2.54. The van der Waals surface area contributed by atoms with Gasteiger partial charge >= 0.3 is 5.97 Å². The minimum absolute atomic E-state index is 0.0585. The molecule has 0 amide bonds. The Morgan fingerprint density at radius 1 is 1.03 bits per heavy atom. The molecule has 1 aromatic heterocycles. The minimum atomic E-state index is -1.53. The van der Waals surface area contributed by atoms with E-state index in [1.54, 1.807) is 0 Å². The Labute approximate surface area is 202 Å². The molecule has 4 fully saturated rings. The number of nitrogens with zero attached hydrogens (tertiary/aromatic N) is 1. The number of carbonyl (C=O) groups excluding carboxylic acids is 1. The van der Waals surface area contributed by atoms with E-state index in [1.165, 1.54) is 35.2 Å². The van der Waals surface area contributed by atoms with Gasteiger partial charge in [0.1, 0.15) is 5.60 Å². The van der Waals surface area contributed by atoms with Crippen LogP contribution in [0.5, 0.6) is 0 Å². The number of ether oxygens (including phenoxy) is 1. The van der Waals surface area contributed by atoms with Crippen molar-refractivity contribution in [3.05, 3.63) is 58.3 Å². The molecule has 0 unspecified atom stereocenters. The van der Waals surface area contributed by atoms with Crippen molar-refractivity contribution in [1.29, 1.82) is 0 Å². The quantitative estimate of drug-likeness (QED) is 0.414. The zero-order chi connectivity index (χ0) is 22.8. The summed E-state index contributed by atoms with van der Waals surface area (Å²) in [6, 6.07) is 13.9. The van der Waals surface area contributed by atoms with E-state index >= 15 is 0 Å². The van der Waals surface area contributed by atoms with Crippen molar-refractivity contribution in [2.24, 2.45) is 5.92 Å². The summed E-state index contributed by atoms with van der Waals surface area (Å²) in [5.74, 6) is -0.461. The number of aryl methyl sites for hydroxylation is 1. The maximum Gasteiger partial charge on any atom is 0.343 e. The summed E-state index contributed by atoms with van der Waals surface area (Å²) in [5.41, 5.74) is -1.22. The highest BCUT2D eigenvalue weighted by Crippen LogP contribution is 2.45. The molecule has 0 spiro atoms. The van der Waals surface area contributed by atoms with Gasteiger partial charge < -0.3 is 14.3 Å². The van der Waals surface area contributed by atoms with Crippen LogP contribution in [0, 0.1) is 5.92 Å². The number of rotatable bonds is 8. The van der Waals surface area contributed by atoms with Gasteiger partial charge in [-0.1, -0.05) is 55.7 Å². The normalized spacial score (nSPS) is 29.5. The zero-order valence-electron chi connectivity index (χ0n) is 19.7. The Bertz CT molecular complexity index is 897. The van der Waals surface area contributed by atoms with Gasteiger partial charge in [0.25, 0.3) is 0 Å². The van der Waals surface area contributed by atoms with Crippen molar-refractivity contribution < 1.29 is 19.1 Å². The molecule has 1 N–H and O–H groups in total. The van der Waals surface area contributed by atoms with E-state index in [0.717, 1.165) is 64.6 Å². The van der Waals surface area contributed by atoms with Crippen LogP contribution in [-0.2, 0) is 21.6 Å². The van der Waals surface area contributed by atoms with Crippen LogP contribution in [0.15, 0.2) is 47.8 Å². The average molecular weight is 469 g/mol. The zero-order valence-corrected chi connectivity index (χ0v) is 20.5. The number of hydrogen-bond acceptors (Lipinski definition) is 4. The van der Waals surface area contributed by atoms with Crippen LogP contribution >= 0.6 is 11.3 Å². The van der Waals surface area contributed by atoms with Gasteiger partial charge in [-0.15, -0.1) is 11.3 Å². The number of piperidine rings is 3. The van der Waals surface area contributed by atoms with E-state index in [0.29, 0.717) is 5.56 Å². The third-order valence-electron chi connectivity index (χ3n) is 8.79. The van der Waals surface area contributed by atoms with Crippen molar-refractivity contribution in [2.75, 3.05) is 26.2 Å². The van der Waals surface area contributed by atoms with Gasteiger partial charge in [0.15, 0.2) is 5.60 Å². The van der Waals surface area contributed by atoms with Crippen LogP contribution in [-0.4, -0.2) is 47.3 Å². The first-order valence-electron chi connectivity index (χ1n) is 12.9. The van der Waals surface area contributed by atoms with Crippen LogP contribution in [0.2, 0.25) is 0 Å². The number of carbonyl (C=O) groups is 1. The number of hydrogen-bond donors (Lipinski definition) is 1. The summed E-state index contributed by atoms with van der Waals surface area (Å²) in [6.45, 7) is 4.48. The second kappa shape index (κ2) is 9.52. The predicted molar refractivity (Wildman–Crippen MR) is 132 cm³/mol. The fourth-order valence-electron chi connectivity index (χ4n) is 6.57. The number of aliphatic hydroxyl groups is 1. The smallest absolute Gasteiger partial charge is 0.343 e. The van der Waals surface area contributed by atoms with Crippen molar-refractivity contribution >= 4 is 17.3 Å². The number of benzene rings is 1. The molecular weight excluding hydrogens is 430 g/mol. The SMILES string of the molecule is O=C(OC12CC[N+](CCCc3cccs3)(CC1)CC2)[C@](O)(c1ccccc1)C1CCCCC1. The number of thiophene rings is 1. The van der Waals surface area contributed by atoms with Gasteiger partial charge in [0.2, 0.25) is 0 Å². The van der Waals surface area contributed by atoms with Crippen LogP contribution < -0.4 is 0 Å². The molecule has 178 valence electrons. The topological polar surface area (TPSA) is 46.5 Å². The van der Waals surface area contributed by atoms with E-state index in [9.17, 15) is 9.90 Å². The molecule has 1 aliphatic carbocycles. The Morgan fingerprint density at radius 3 is 2.36 bits per heavy atom. The van der Waals surface area contributed by atoms with Gasteiger partial charge in [0.05, 0.1) is 26.2 Å². The molecule has 1 saturated carbocycles. The molecule has 2 aromatic rings. The van der Waals surface area contributed by atoms with Crippen molar-refractivity contribution in [1.82, 2.24) is 0 Å². The van der Waals surface area contributed by atoms with Gasteiger partial charge in [-0.2, -0.15) is 0 Å². The largest absolute Gasteiger partial charge is 0.456 e. The fourth-order valence-corrected chi connectivity index (χ4v) is 7.32. The third-order valence-corrected chi connectivity index (χ3v) is 9.73. The van der Waals surface area contributed by atoms with Crippen LogP contribution in [0.1, 0.15) is 68.2 Å². The number of esters is 1. The highest BCUT2D eigenvalue weighted by molar-refractivity contribution is 7.09. The minimum Gasteiger partial charge on any atom is -0.456 e. The third kappa shape index (κ3) is 4.65. The molecular formula is C28H38NO3S+. The molecule has 4 heterocycles. The second-order valence-corrected chi connectivity index (χ2v) is 11.7. The summed E-state index contributed by atoms with van der Waals surface area (Å²) in [7, 11) is 0. The van der Waals surface area contributed by atoms with Crippen molar-refractivity contribution in [3.8, 4) is 0 Å². The van der Waals surface area contributed by atoms with Crippen LogP contribution in [0.3, 0.4) is 0 Å². The molecule has 1 atom stereocenters. The van der Waals surface area contributed by atoms with Gasteiger partial charge in [-0.3, -0.25) is 0 Å². The number of fused-ring (bicyclic) bond motifs is 3.